The van der Waals surface area contributed by atoms with Crippen LogP contribution < -0.4 is 48.1 Å². The topological polar surface area (TPSA) is 132 Å². The molecule has 0 radical (unpaired) electrons. The maximum atomic E-state index is 9.87. The van der Waals surface area contributed by atoms with Crippen LogP contribution in [0.2, 0.25) is 0 Å². The molecule has 16 nitrogen and oxygen atoms in total. The number of aromatic nitrogens is 4. The fourth-order valence-corrected chi connectivity index (χ4v) is 8.51. The van der Waals surface area contributed by atoms with Gasteiger partial charge in [0.25, 0.3) is 0 Å². The van der Waals surface area contributed by atoms with E-state index in [4.69, 9.17) is 47.4 Å². The Labute approximate surface area is 601 Å². The molecule has 0 unspecified atom stereocenters. The van der Waals surface area contributed by atoms with E-state index in [0.29, 0.717) is 106 Å². The number of rotatable bonds is 0. The summed E-state index contributed by atoms with van der Waals surface area (Å²) < 4.78 is 302. The van der Waals surface area contributed by atoms with Gasteiger partial charge in [0.05, 0.1) is 90.7 Å². The summed E-state index contributed by atoms with van der Waals surface area (Å²) in [5.41, 5.74) is 16.2. The van der Waals surface area contributed by atoms with Gasteiger partial charge in [0.2, 0.25) is 0 Å². The number of benzene rings is 4. The van der Waals surface area contributed by atoms with Gasteiger partial charge in [-0.25, -0.2) is 18.3 Å². The van der Waals surface area contributed by atoms with E-state index < -0.39 is 31.2 Å². The molecular formula is C64H74F24N6O10P4. The molecule has 0 saturated heterocycles. The second kappa shape index (κ2) is 35.4. The molecule has 0 spiro atoms. The molecule has 108 heavy (non-hydrogen) atoms. The van der Waals surface area contributed by atoms with E-state index >= 15 is 0 Å². The fraction of sp³-hybridized carbons (Fsp3) is 0.312. The standard InChI is InChI=1S/C36H32N6.C28H40O10.4F6P/c1-5-31-6-2-29(1)25-39-17-9-33(10-18-39)34-11-19-40(20-12-34)26-30-3-7-32(8-4-30)28-42-23-15-36(16-24-42)38-37-35-13-21-41(27-31)22-14-35;1-2-26-4-3-25(1)35-21-17-31-13-9-29-11-15-33-19-23-37-27-5-7-28(8-6-27)38-24-20-34-16-12-30-10-14-32-18-22-36-26;4*1-7(2,3,4,5)6/h1-24H,25-28H2;1-8H,9-24H2;;;;/q+2;;4*-1/p+2. The van der Waals surface area contributed by atoms with Gasteiger partial charge < -0.3 is 58.2 Å². The van der Waals surface area contributed by atoms with Gasteiger partial charge in [-0.3, -0.25) is 0 Å². The van der Waals surface area contributed by atoms with Gasteiger partial charge in [-0.2, -0.15) is 0 Å². The minimum absolute atomic E-state index is 0.459. The van der Waals surface area contributed by atoms with E-state index in [1.54, 1.807) is 0 Å². The number of pyridine rings is 4. The van der Waals surface area contributed by atoms with Gasteiger partial charge in [0.1, 0.15) is 49.4 Å². The molecule has 0 aliphatic carbocycles. The Morgan fingerprint density at radius 3 is 0.519 bits per heavy atom. The van der Waals surface area contributed by atoms with E-state index in [1.165, 1.54) is 33.4 Å². The Kier molecular flexibility index (Phi) is 29.7. The first-order valence-corrected chi connectivity index (χ1v) is 39.6. The molecule has 18 aliphatic rings. The maximum absolute atomic E-state index is 10.7. The second-order valence-corrected chi connectivity index (χ2v) is 30.4. The zero-order chi connectivity index (χ0) is 80.1. The average Bonchev–Trinajstić information content (AvgIpc) is 0.801. The van der Waals surface area contributed by atoms with Crippen LogP contribution in [-0.4, -0.2) is 106 Å². The zero-order valence-electron chi connectivity index (χ0n) is 56.3. The molecule has 2 N–H and O–H groups in total. The van der Waals surface area contributed by atoms with Gasteiger partial charge in [-0.15, -0.1) is 0 Å². The van der Waals surface area contributed by atoms with Crippen molar-refractivity contribution in [2.45, 2.75) is 26.2 Å². The monoisotopic (exact) mass is 1670 g/mol. The molecule has 22 heterocycles. The van der Waals surface area contributed by atoms with E-state index in [0.717, 1.165) is 60.6 Å². The molecule has 608 valence electrons. The number of halogens is 24. The van der Waals surface area contributed by atoms with Crippen LogP contribution in [-0.2, 0) is 54.6 Å². The van der Waals surface area contributed by atoms with Gasteiger partial charge in [0, 0.05) is 70.8 Å². The Morgan fingerprint density at radius 1 is 0.204 bits per heavy atom. The average molecular weight is 1670 g/mol. The SMILES string of the molecule is F[P-](F)(F)(F)(F)F.F[P-](F)(F)(F)(F)F.F[P-](F)(F)(F)(F)F.F[P-](F)(F)(F)(F)F.c1cc2ccc1C[n+]1ccc(cc1)NNc1cc[n+](cc1)Cc1ccc(cc1)C[n+]1ccc(cc1)-c1cc[n+](cc1)C2.c1cc2ccc1OCCOCCOCCOCCOc1ccc(cc1)OCCOCCOCCOCCO2. The summed E-state index contributed by atoms with van der Waals surface area (Å²) in [5.74, 6) is 3.05. The Balaban J connectivity index is 0.000000287. The number of anilines is 2. The first kappa shape index (κ1) is 90.7. The van der Waals surface area contributed by atoms with Crippen molar-refractivity contribution in [3.63, 3.8) is 0 Å². The van der Waals surface area contributed by atoms with E-state index in [2.05, 4.69) is 176 Å². The molecule has 0 fully saturated rings. The normalized spacial score (nSPS) is 17.7. The second-order valence-electron chi connectivity index (χ2n) is 22.8. The minimum atomic E-state index is -10.7. The molecule has 8 aromatic rings. The number of nitrogens with zero attached hydrogens (tertiary/aromatic N) is 4. The van der Waals surface area contributed by atoms with E-state index in [1.807, 2.05) is 48.5 Å². The fourth-order valence-electron chi connectivity index (χ4n) is 8.51. The first-order chi connectivity index (χ1) is 49.4. The summed E-state index contributed by atoms with van der Waals surface area (Å²) in [6.45, 7) is 11.1. The van der Waals surface area contributed by atoms with Crippen LogP contribution in [0, 0.1) is 0 Å². The van der Waals surface area contributed by atoms with Crippen LogP contribution in [0.1, 0.15) is 22.3 Å². The smallest absolute Gasteiger partial charge is 0.173 e. The quantitative estimate of drug-likeness (QED) is 0.0851. The zero-order valence-corrected chi connectivity index (χ0v) is 59.9. The molecule has 0 saturated carbocycles. The number of hydrazine groups is 1. The van der Waals surface area contributed by atoms with Crippen molar-refractivity contribution in [3.8, 4) is 34.1 Å². The molecule has 4 aromatic carbocycles. The Bertz CT molecular complexity index is 3570. The molecular weight excluding hydrogens is 1590 g/mol. The third-order valence-electron chi connectivity index (χ3n) is 12.9. The van der Waals surface area contributed by atoms with Gasteiger partial charge in [-0.1, -0.05) is 48.5 Å². The van der Waals surface area contributed by atoms with E-state index in [-0.39, 0.29) is 0 Å². The van der Waals surface area contributed by atoms with Crippen molar-refractivity contribution in [1.29, 1.82) is 0 Å². The largest absolute Gasteiger partial charge is 0.491 e. The van der Waals surface area contributed by atoms with Crippen molar-refractivity contribution in [2.75, 3.05) is 117 Å². The summed E-state index contributed by atoms with van der Waals surface area (Å²) in [6.07, 6.45) is 17.1. The maximum Gasteiger partial charge on any atom is 0.173 e. The summed E-state index contributed by atoms with van der Waals surface area (Å²) in [6, 6.07) is 49.9. The molecule has 0 atom stereocenters. The van der Waals surface area contributed by atoms with Gasteiger partial charge in [-0.05, 0) is 59.7 Å². The molecule has 18 aliphatic heterocycles. The third-order valence-corrected chi connectivity index (χ3v) is 12.9. The predicted octanol–water partition coefficient (Wildman–Crippen LogP) is 21.0. The van der Waals surface area contributed by atoms with Crippen molar-refractivity contribution in [3.05, 3.63) is 217 Å². The third kappa shape index (κ3) is 55.5. The van der Waals surface area contributed by atoms with Crippen LogP contribution in [0.25, 0.3) is 11.1 Å². The number of hydrogen-bond donors (Lipinski definition) is 2. The van der Waals surface area contributed by atoms with Crippen molar-refractivity contribution in [2.24, 2.45) is 0 Å². The summed E-state index contributed by atoms with van der Waals surface area (Å²) >= 11 is 0. The van der Waals surface area contributed by atoms with Crippen LogP contribution in [0.4, 0.5) is 112 Å². The summed E-state index contributed by atoms with van der Waals surface area (Å²) in [5, 5.41) is 0. The molecule has 26 rings (SSSR count). The molecule has 44 heteroatoms. The number of ether oxygens (including phenoxy) is 10. The van der Waals surface area contributed by atoms with E-state index in [9.17, 15) is 101 Å². The van der Waals surface area contributed by atoms with Crippen LogP contribution in [0.5, 0.6) is 23.0 Å². The number of hydrogen-bond acceptors (Lipinski definition) is 12. The van der Waals surface area contributed by atoms with Crippen molar-refractivity contribution < 1.29 is 166 Å². The van der Waals surface area contributed by atoms with Crippen molar-refractivity contribution >= 4 is 42.6 Å². The van der Waals surface area contributed by atoms with Crippen LogP contribution >= 0.6 is 31.2 Å². The Morgan fingerprint density at radius 2 is 0.352 bits per heavy atom. The molecule has 0 amide bonds. The molecule has 16 bridgehead atoms. The summed E-state index contributed by atoms with van der Waals surface area (Å²) in [4.78, 5) is 0. The minimum Gasteiger partial charge on any atom is -0.491 e. The summed E-state index contributed by atoms with van der Waals surface area (Å²) in [7, 11) is -42.6. The van der Waals surface area contributed by atoms with Crippen LogP contribution in [0.15, 0.2) is 195 Å². The number of nitrogens with one attached hydrogen (secondary N) is 2. The Hall–Kier alpha value is -7.92. The first-order valence-electron chi connectivity index (χ1n) is 31.5. The predicted molar refractivity (Wildman–Crippen MR) is 356 cm³/mol. The molecule has 4 aromatic heterocycles. The van der Waals surface area contributed by atoms with Gasteiger partial charge in [0.15, 0.2) is 75.8 Å². The van der Waals surface area contributed by atoms with Crippen LogP contribution in [0.3, 0.4) is 0 Å². The van der Waals surface area contributed by atoms with Crippen molar-refractivity contribution in [1.82, 2.24) is 0 Å². The van der Waals surface area contributed by atoms with Gasteiger partial charge >= 0.3 is 132 Å².